The number of hydrogen-bond acceptors (Lipinski definition) is 4. The predicted molar refractivity (Wildman–Crippen MR) is 66.0 cm³/mol. The molecular weight excluding hydrogens is 232 g/mol. The van der Waals surface area contributed by atoms with Gasteiger partial charge in [-0.25, -0.2) is 4.79 Å². The molecule has 0 aromatic heterocycles. The number of benzene rings is 1. The first-order valence-corrected chi connectivity index (χ1v) is 5.99. The Kier molecular flexibility index (Phi) is 3.68. The average molecular weight is 250 g/mol. The van der Waals surface area contributed by atoms with Crippen molar-refractivity contribution in [3.8, 4) is 0 Å². The van der Waals surface area contributed by atoms with Gasteiger partial charge < -0.3 is 14.2 Å². The lowest BCUT2D eigenvalue weighted by Crippen LogP contribution is -2.33. The number of hydrogen-bond donors (Lipinski definition) is 0. The van der Waals surface area contributed by atoms with E-state index in [9.17, 15) is 4.79 Å². The van der Waals surface area contributed by atoms with Crippen LogP contribution in [0.15, 0.2) is 30.3 Å². The van der Waals surface area contributed by atoms with Crippen LogP contribution in [-0.4, -0.2) is 31.1 Å². The number of methoxy groups -OCH3 is 1. The molecule has 4 heteroatoms. The van der Waals surface area contributed by atoms with Crippen LogP contribution < -0.4 is 0 Å². The largest absolute Gasteiger partial charge is 0.467 e. The van der Waals surface area contributed by atoms with Gasteiger partial charge in [-0.2, -0.15) is 0 Å². The second-order valence-corrected chi connectivity index (χ2v) is 4.81. The molecule has 2 atom stereocenters. The summed E-state index contributed by atoms with van der Waals surface area (Å²) in [6.07, 6.45) is -0.343. The summed E-state index contributed by atoms with van der Waals surface area (Å²) in [5, 5.41) is 0. The molecule has 1 fully saturated rings. The molecular formula is C14H18O4. The lowest BCUT2D eigenvalue weighted by atomic mass is 10.0. The zero-order valence-electron chi connectivity index (χ0n) is 10.9. The maximum absolute atomic E-state index is 11.7. The fourth-order valence-corrected chi connectivity index (χ4v) is 2.15. The van der Waals surface area contributed by atoms with Gasteiger partial charge in [-0.15, -0.1) is 0 Å². The van der Waals surface area contributed by atoms with Gasteiger partial charge >= 0.3 is 5.97 Å². The van der Waals surface area contributed by atoms with Crippen LogP contribution in [0.25, 0.3) is 0 Å². The van der Waals surface area contributed by atoms with Crippen LogP contribution in [0.3, 0.4) is 0 Å². The SMILES string of the molecule is COC(=O)[C@@H]1OC(C)(C)O[C@H]1Cc1ccccc1. The van der Waals surface area contributed by atoms with Crippen molar-refractivity contribution in [1.82, 2.24) is 0 Å². The summed E-state index contributed by atoms with van der Waals surface area (Å²) in [5.74, 6) is -1.14. The fourth-order valence-electron chi connectivity index (χ4n) is 2.15. The van der Waals surface area contributed by atoms with Gasteiger partial charge in [0.05, 0.1) is 7.11 Å². The first-order chi connectivity index (χ1) is 8.52. The molecule has 1 heterocycles. The Bertz CT molecular complexity index is 413. The number of esters is 1. The van der Waals surface area contributed by atoms with Crippen LogP contribution >= 0.6 is 0 Å². The summed E-state index contributed by atoms with van der Waals surface area (Å²) >= 11 is 0. The first kappa shape index (κ1) is 13.1. The molecule has 1 aromatic carbocycles. The minimum Gasteiger partial charge on any atom is -0.467 e. The predicted octanol–water partition coefficient (Wildman–Crippen LogP) is 1.92. The Morgan fingerprint density at radius 1 is 1.28 bits per heavy atom. The molecule has 0 radical (unpaired) electrons. The molecule has 1 aromatic rings. The molecule has 98 valence electrons. The van der Waals surface area contributed by atoms with Gasteiger partial charge in [0.1, 0.15) is 6.10 Å². The molecule has 2 rings (SSSR count). The van der Waals surface area contributed by atoms with Gasteiger partial charge in [-0.05, 0) is 19.4 Å². The topological polar surface area (TPSA) is 44.8 Å². The van der Waals surface area contributed by atoms with Crippen LogP contribution in [0.2, 0.25) is 0 Å². The molecule has 1 aliphatic rings. The van der Waals surface area contributed by atoms with E-state index in [1.807, 2.05) is 30.3 Å². The van der Waals surface area contributed by atoms with Crippen LogP contribution in [0.4, 0.5) is 0 Å². The highest BCUT2D eigenvalue weighted by molar-refractivity contribution is 5.75. The van der Waals surface area contributed by atoms with E-state index in [0.717, 1.165) is 5.56 Å². The zero-order chi connectivity index (χ0) is 13.2. The maximum Gasteiger partial charge on any atom is 0.337 e. The van der Waals surface area contributed by atoms with Gasteiger partial charge in [-0.1, -0.05) is 30.3 Å². The van der Waals surface area contributed by atoms with Gasteiger partial charge in [0.25, 0.3) is 0 Å². The highest BCUT2D eigenvalue weighted by Crippen LogP contribution is 2.30. The van der Waals surface area contributed by atoms with E-state index >= 15 is 0 Å². The van der Waals surface area contributed by atoms with Crippen molar-refractivity contribution in [2.24, 2.45) is 0 Å². The van der Waals surface area contributed by atoms with Crippen molar-refractivity contribution >= 4 is 5.97 Å². The van der Waals surface area contributed by atoms with Gasteiger partial charge in [0, 0.05) is 6.42 Å². The molecule has 0 N–H and O–H groups in total. The van der Waals surface area contributed by atoms with Gasteiger partial charge in [0.2, 0.25) is 0 Å². The minimum absolute atomic E-state index is 0.310. The molecule has 0 saturated carbocycles. The summed E-state index contributed by atoms with van der Waals surface area (Å²) in [6, 6.07) is 9.89. The minimum atomic E-state index is -0.752. The number of rotatable bonds is 3. The van der Waals surface area contributed by atoms with Crippen molar-refractivity contribution in [2.45, 2.75) is 38.3 Å². The summed E-state index contributed by atoms with van der Waals surface area (Å²) in [6.45, 7) is 3.60. The monoisotopic (exact) mass is 250 g/mol. The Morgan fingerprint density at radius 3 is 2.56 bits per heavy atom. The quantitative estimate of drug-likeness (QED) is 0.769. The van der Waals surface area contributed by atoms with E-state index in [-0.39, 0.29) is 12.1 Å². The molecule has 1 saturated heterocycles. The average Bonchev–Trinajstić information content (AvgIpc) is 2.65. The molecule has 4 nitrogen and oxygen atoms in total. The highest BCUT2D eigenvalue weighted by atomic mass is 16.8. The third-order valence-electron chi connectivity index (χ3n) is 2.90. The van der Waals surface area contributed by atoms with E-state index in [1.165, 1.54) is 7.11 Å². The number of ether oxygens (including phenoxy) is 3. The molecule has 0 aliphatic carbocycles. The summed E-state index contributed by atoms with van der Waals surface area (Å²) in [7, 11) is 1.36. The van der Waals surface area contributed by atoms with Crippen LogP contribution in [0.5, 0.6) is 0 Å². The fraction of sp³-hybridized carbons (Fsp3) is 0.500. The van der Waals surface area contributed by atoms with E-state index < -0.39 is 11.9 Å². The van der Waals surface area contributed by atoms with Crippen molar-refractivity contribution < 1.29 is 19.0 Å². The number of carbonyl (C=O) groups is 1. The Labute approximate surface area is 107 Å². The molecule has 0 unspecified atom stereocenters. The maximum atomic E-state index is 11.7. The van der Waals surface area contributed by atoms with Crippen molar-refractivity contribution in [3.05, 3.63) is 35.9 Å². The zero-order valence-corrected chi connectivity index (χ0v) is 10.9. The summed E-state index contributed by atoms with van der Waals surface area (Å²) in [5.41, 5.74) is 1.11. The lowest BCUT2D eigenvalue weighted by Gasteiger charge is -2.16. The summed E-state index contributed by atoms with van der Waals surface area (Å²) < 4.78 is 16.1. The molecule has 0 bridgehead atoms. The normalized spacial score (nSPS) is 25.9. The van der Waals surface area contributed by atoms with Crippen molar-refractivity contribution in [1.29, 1.82) is 0 Å². The second-order valence-electron chi connectivity index (χ2n) is 4.81. The third-order valence-corrected chi connectivity index (χ3v) is 2.90. The third kappa shape index (κ3) is 2.89. The molecule has 18 heavy (non-hydrogen) atoms. The number of carbonyl (C=O) groups excluding carboxylic acids is 1. The first-order valence-electron chi connectivity index (χ1n) is 5.99. The Hall–Kier alpha value is -1.39. The van der Waals surface area contributed by atoms with Crippen LogP contribution in [0, 0.1) is 0 Å². The second kappa shape index (κ2) is 5.08. The van der Waals surface area contributed by atoms with Crippen molar-refractivity contribution in [2.75, 3.05) is 7.11 Å². The van der Waals surface area contributed by atoms with E-state index in [1.54, 1.807) is 13.8 Å². The van der Waals surface area contributed by atoms with Gasteiger partial charge in [-0.3, -0.25) is 0 Å². The molecule has 0 amide bonds. The van der Waals surface area contributed by atoms with E-state index in [4.69, 9.17) is 14.2 Å². The lowest BCUT2D eigenvalue weighted by molar-refractivity contribution is -0.168. The standard InChI is InChI=1S/C14H18O4/c1-14(2)17-11(12(18-14)13(15)16-3)9-10-7-5-4-6-8-10/h4-8,11-12H,9H2,1-3H3/t11-,12+/m0/s1. The molecule has 0 spiro atoms. The van der Waals surface area contributed by atoms with E-state index in [2.05, 4.69) is 0 Å². The Morgan fingerprint density at radius 2 is 1.94 bits per heavy atom. The van der Waals surface area contributed by atoms with Crippen LogP contribution in [-0.2, 0) is 25.4 Å². The smallest absolute Gasteiger partial charge is 0.337 e. The summed E-state index contributed by atoms with van der Waals surface area (Å²) in [4.78, 5) is 11.7. The van der Waals surface area contributed by atoms with Crippen LogP contribution in [0.1, 0.15) is 19.4 Å². The molecule has 1 aliphatic heterocycles. The Balaban J connectivity index is 2.12. The van der Waals surface area contributed by atoms with Crippen molar-refractivity contribution in [3.63, 3.8) is 0 Å². The van der Waals surface area contributed by atoms with Gasteiger partial charge in [0.15, 0.2) is 11.9 Å². The highest BCUT2D eigenvalue weighted by Gasteiger charge is 2.45. The van der Waals surface area contributed by atoms with E-state index in [0.29, 0.717) is 6.42 Å².